The molecule has 136 valence electrons. The fourth-order valence-corrected chi connectivity index (χ4v) is 3.61. The molecule has 8 heteroatoms. The van der Waals surface area contributed by atoms with Gasteiger partial charge in [0.15, 0.2) is 5.13 Å². The smallest absolute Gasteiger partial charge is 0.261 e. The van der Waals surface area contributed by atoms with E-state index in [0.717, 1.165) is 16.0 Å². The minimum Gasteiger partial charge on any atom is -0.494 e. The van der Waals surface area contributed by atoms with E-state index in [2.05, 4.69) is 15.3 Å². The van der Waals surface area contributed by atoms with Crippen LogP contribution in [0.5, 0.6) is 5.75 Å². The zero-order valence-electron chi connectivity index (χ0n) is 14.5. The monoisotopic (exact) mass is 380 g/mol. The van der Waals surface area contributed by atoms with Gasteiger partial charge in [0.25, 0.3) is 5.56 Å². The Hall–Kier alpha value is -3.26. The number of rotatable bonds is 5. The number of nitrogens with one attached hydrogen (secondary N) is 1. The Balaban J connectivity index is 1.53. The number of anilines is 1. The Labute approximate surface area is 158 Å². The molecule has 4 rings (SSSR count). The van der Waals surface area contributed by atoms with Crippen LogP contribution in [0.25, 0.3) is 21.1 Å². The molecule has 0 fully saturated rings. The van der Waals surface area contributed by atoms with E-state index in [-0.39, 0.29) is 18.0 Å². The maximum absolute atomic E-state index is 12.5. The van der Waals surface area contributed by atoms with Crippen LogP contribution in [0.1, 0.15) is 6.92 Å². The Bertz CT molecular complexity index is 1200. The zero-order chi connectivity index (χ0) is 18.8. The molecule has 7 nitrogen and oxygen atoms in total. The third-order valence-electron chi connectivity index (χ3n) is 3.96. The fourth-order valence-electron chi connectivity index (χ4n) is 2.75. The molecule has 0 saturated carbocycles. The van der Waals surface area contributed by atoms with Crippen molar-refractivity contribution in [2.75, 3.05) is 11.9 Å². The summed E-state index contributed by atoms with van der Waals surface area (Å²) in [7, 11) is 0. The first-order valence-electron chi connectivity index (χ1n) is 8.41. The van der Waals surface area contributed by atoms with Gasteiger partial charge in [0.05, 0.1) is 34.1 Å². The van der Waals surface area contributed by atoms with Crippen LogP contribution in [-0.2, 0) is 11.3 Å². The molecule has 0 aliphatic heterocycles. The van der Waals surface area contributed by atoms with Crippen LogP contribution in [0.15, 0.2) is 53.6 Å². The highest BCUT2D eigenvalue weighted by atomic mass is 32.1. The molecule has 2 aromatic heterocycles. The maximum Gasteiger partial charge on any atom is 0.261 e. The summed E-state index contributed by atoms with van der Waals surface area (Å²) in [5, 5.41) is 3.71. The molecule has 2 aromatic carbocycles. The lowest BCUT2D eigenvalue weighted by Crippen LogP contribution is -2.27. The van der Waals surface area contributed by atoms with Crippen molar-refractivity contribution in [2.24, 2.45) is 0 Å². The molecule has 0 aliphatic rings. The average Bonchev–Trinajstić information content (AvgIpc) is 3.06. The second kappa shape index (κ2) is 7.16. The van der Waals surface area contributed by atoms with Crippen LogP contribution in [0.2, 0.25) is 0 Å². The summed E-state index contributed by atoms with van der Waals surface area (Å²) in [5.41, 5.74) is 1.11. The number of thiazole rings is 1. The second-order valence-corrected chi connectivity index (χ2v) is 6.86. The van der Waals surface area contributed by atoms with Gasteiger partial charge >= 0.3 is 0 Å². The van der Waals surface area contributed by atoms with Crippen LogP contribution in [0, 0.1) is 0 Å². The van der Waals surface area contributed by atoms with Crippen molar-refractivity contribution in [3.05, 3.63) is 59.1 Å². The fraction of sp³-hybridized carbons (Fsp3) is 0.158. The zero-order valence-corrected chi connectivity index (χ0v) is 15.3. The minimum atomic E-state index is -0.335. The molecule has 0 saturated heterocycles. The van der Waals surface area contributed by atoms with E-state index in [9.17, 15) is 9.59 Å². The molecular formula is C19H16N4O3S. The summed E-state index contributed by atoms with van der Waals surface area (Å²) in [6.45, 7) is 2.37. The van der Waals surface area contributed by atoms with Gasteiger partial charge in [-0.15, -0.1) is 0 Å². The topological polar surface area (TPSA) is 86.1 Å². The first kappa shape index (κ1) is 17.2. The van der Waals surface area contributed by atoms with E-state index in [0.29, 0.717) is 22.6 Å². The Kier molecular flexibility index (Phi) is 4.55. The Morgan fingerprint density at radius 2 is 2.07 bits per heavy atom. The lowest BCUT2D eigenvalue weighted by atomic mass is 10.2. The number of amides is 1. The van der Waals surface area contributed by atoms with Gasteiger partial charge in [-0.2, -0.15) is 0 Å². The Morgan fingerprint density at radius 1 is 1.22 bits per heavy atom. The molecule has 1 amide bonds. The Morgan fingerprint density at radius 3 is 2.93 bits per heavy atom. The SMILES string of the molecule is CCOc1ccc2sc(NC(=O)Cn3cnc4ccccc4c3=O)nc2c1. The number of hydrogen-bond acceptors (Lipinski definition) is 6. The lowest BCUT2D eigenvalue weighted by Gasteiger charge is -2.06. The number of nitrogens with zero attached hydrogens (tertiary/aromatic N) is 3. The van der Waals surface area contributed by atoms with E-state index in [1.165, 1.54) is 22.2 Å². The molecule has 0 unspecified atom stereocenters. The lowest BCUT2D eigenvalue weighted by molar-refractivity contribution is -0.116. The molecule has 0 radical (unpaired) electrons. The van der Waals surface area contributed by atoms with Crippen molar-refractivity contribution in [1.82, 2.24) is 14.5 Å². The van der Waals surface area contributed by atoms with Crippen LogP contribution < -0.4 is 15.6 Å². The number of carbonyl (C=O) groups is 1. The van der Waals surface area contributed by atoms with Gasteiger partial charge in [0.2, 0.25) is 5.91 Å². The number of para-hydroxylation sites is 1. The number of benzene rings is 2. The largest absolute Gasteiger partial charge is 0.494 e. The van der Waals surface area contributed by atoms with Crippen molar-refractivity contribution >= 4 is 43.5 Å². The summed E-state index contributed by atoms with van der Waals surface area (Å²) in [5.74, 6) is 0.403. The molecule has 4 aromatic rings. The first-order chi connectivity index (χ1) is 13.1. The third kappa shape index (κ3) is 3.52. The highest BCUT2D eigenvalue weighted by Gasteiger charge is 2.11. The average molecular weight is 380 g/mol. The van der Waals surface area contributed by atoms with Crippen LogP contribution >= 0.6 is 11.3 Å². The highest BCUT2D eigenvalue weighted by Crippen LogP contribution is 2.28. The summed E-state index contributed by atoms with van der Waals surface area (Å²) in [6, 6.07) is 12.7. The van der Waals surface area contributed by atoms with Crippen molar-refractivity contribution in [1.29, 1.82) is 0 Å². The number of aromatic nitrogens is 3. The molecule has 0 spiro atoms. The predicted molar refractivity (Wildman–Crippen MR) is 105 cm³/mol. The number of carbonyl (C=O) groups excluding carboxylic acids is 1. The van der Waals surface area contributed by atoms with Gasteiger partial charge in [-0.3, -0.25) is 14.2 Å². The summed E-state index contributed by atoms with van der Waals surface area (Å²) in [6.07, 6.45) is 1.39. The summed E-state index contributed by atoms with van der Waals surface area (Å²) >= 11 is 1.37. The van der Waals surface area contributed by atoms with E-state index in [1.54, 1.807) is 18.2 Å². The van der Waals surface area contributed by atoms with Crippen molar-refractivity contribution < 1.29 is 9.53 Å². The van der Waals surface area contributed by atoms with Crippen LogP contribution in [-0.4, -0.2) is 27.0 Å². The maximum atomic E-state index is 12.5. The van der Waals surface area contributed by atoms with Crippen molar-refractivity contribution in [3.8, 4) is 5.75 Å². The summed E-state index contributed by atoms with van der Waals surface area (Å²) in [4.78, 5) is 33.5. The normalized spacial score (nSPS) is 11.0. The molecule has 2 heterocycles. The number of ether oxygens (including phenoxy) is 1. The molecule has 27 heavy (non-hydrogen) atoms. The van der Waals surface area contributed by atoms with E-state index < -0.39 is 0 Å². The van der Waals surface area contributed by atoms with Gasteiger partial charge in [-0.1, -0.05) is 23.5 Å². The van der Waals surface area contributed by atoms with Crippen LogP contribution in [0.3, 0.4) is 0 Å². The van der Waals surface area contributed by atoms with Gasteiger partial charge in [-0.05, 0) is 31.2 Å². The standard InChI is InChI=1S/C19H16N4O3S/c1-2-26-12-7-8-16-15(9-12)21-19(27-16)22-17(24)10-23-11-20-14-6-4-3-5-13(14)18(23)25/h3-9,11H,2,10H2,1H3,(H,21,22,24). The first-order valence-corrected chi connectivity index (χ1v) is 9.23. The van der Waals surface area contributed by atoms with Gasteiger partial charge in [0.1, 0.15) is 12.3 Å². The highest BCUT2D eigenvalue weighted by molar-refractivity contribution is 7.22. The van der Waals surface area contributed by atoms with Crippen molar-refractivity contribution in [2.45, 2.75) is 13.5 Å². The predicted octanol–water partition coefficient (Wildman–Crippen LogP) is 3.04. The summed E-state index contributed by atoms with van der Waals surface area (Å²) < 4.78 is 7.70. The van der Waals surface area contributed by atoms with E-state index in [4.69, 9.17) is 4.74 Å². The van der Waals surface area contributed by atoms with E-state index >= 15 is 0 Å². The molecule has 0 atom stereocenters. The molecule has 1 N–H and O–H groups in total. The quantitative estimate of drug-likeness (QED) is 0.575. The third-order valence-corrected chi connectivity index (χ3v) is 4.91. The number of hydrogen-bond donors (Lipinski definition) is 1. The van der Waals surface area contributed by atoms with Gasteiger partial charge < -0.3 is 10.1 Å². The minimum absolute atomic E-state index is 0.128. The van der Waals surface area contributed by atoms with E-state index in [1.807, 2.05) is 31.2 Å². The van der Waals surface area contributed by atoms with Crippen molar-refractivity contribution in [3.63, 3.8) is 0 Å². The van der Waals surface area contributed by atoms with Gasteiger partial charge in [0, 0.05) is 6.07 Å². The molecule has 0 bridgehead atoms. The molecule has 0 aliphatic carbocycles. The van der Waals surface area contributed by atoms with Crippen LogP contribution in [0.4, 0.5) is 5.13 Å². The number of fused-ring (bicyclic) bond motifs is 2. The molecular weight excluding hydrogens is 364 g/mol. The second-order valence-electron chi connectivity index (χ2n) is 5.82. The van der Waals surface area contributed by atoms with Gasteiger partial charge in [-0.25, -0.2) is 9.97 Å².